The molecule has 0 N–H and O–H groups in total. The number of carbonyl (C=O) groups is 2. The summed E-state index contributed by atoms with van der Waals surface area (Å²) < 4.78 is 5.54. The zero-order chi connectivity index (χ0) is 21.8. The molecule has 31 heavy (non-hydrogen) atoms. The Morgan fingerprint density at radius 2 is 1.97 bits per heavy atom. The highest BCUT2D eigenvalue weighted by molar-refractivity contribution is 7.15. The van der Waals surface area contributed by atoms with E-state index in [0.717, 1.165) is 27.7 Å². The topological polar surface area (TPSA) is 66.0 Å². The van der Waals surface area contributed by atoms with Crippen LogP contribution in [0.25, 0.3) is 0 Å². The third-order valence-corrected chi connectivity index (χ3v) is 7.70. The van der Waals surface area contributed by atoms with Crippen LogP contribution >= 0.6 is 22.9 Å². The summed E-state index contributed by atoms with van der Waals surface area (Å²) in [6.07, 6.45) is 0.825. The molecule has 3 aliphatic heterocycles. The molecular weight excluding hydrogens is 436 g/mol. The predicted octanol–water partition coefficient (Wildman–Crippen LogP) is 2.71. The van der Waals surface area contributed by atoms with Crippen LogP contribution in [-0.2, 0) is 33.9 Å². The summed E-state index contributed by atoms with van der Waals surface area (Å²) in [5.74, 6) is 0.00620. The number of hydrogen-bond acceptors (Lipinski definition) is 6. The summed E-state index contributed by atoms with van der Waals surface area (Å²) in [6.45, 7) is 6.65. The number of hydrogen-bond donors (Lipinski definition) is 0. The zero-order valence-corrected chi connectivity index (χ0v) is 19.2. The van der Waals surface area contributed by atoms with Crippen molar-refractivity contribution in [2.24, 2.45) is 0 Å². The van der Waals surface area contributed by atoms with Crippen molar-refractivity contribution in [2.75, 3.05) is 31.1 Å². The number of aromatic nitrogens is 1. The second kappa shape index (κ2) is 7.76. The molecular formula is C22H25ClN4O3S. The number of carbonyl (C=O) groups excluding carboxylic acids is 2. The van der Waals surface area contributed by atoms with Crippen LogP contribution in [0.2, 0.25) is 5.02 Å². The predicted molar refractivity (Wildman–Crippen MR) is 119 cm³/mol. The molecule has 7 nitrogen and oxygen atoms in total. The van der Waals surface area contributed by atoms with Crippen LogP contribution < -0.4 is 4.90 Å². The summed E-state index contributed by atoms with van der Waals surface area (Å²) in [7, 11) is 0. The maximum atomic E-state index is 13.6. The maximum absolute atomic E-state index is 13.6. The van der Waals surface area contributed by atoms with Gasteiger partial charge in [0.25, 0.3) is 5.91 Å². The van der Waals surface area contributed by atoms with E-state index in [2.05, 4.69) is 4.90 Å². The minimum atomic E-state index is -0.859. The average molecular weight is 461 g/mol. The summed E-state index contributed by atoms with van der Waals surface area (Å²) >= 11 is 7.65. The van der Waals surface area contributed by atoms with Crippen molar-refractivity contribution in [2.45, 2.75) is 45.0 Å². The molecule has 2 fully saturated rings. The fourth-order valence-corrected chi connectivity index (χ4v) is 5.69. The minimum Gasteiger partial charge on any atom is -0.375 e. The van der Waals surface area contributed by atoms with Gasteiger partial charge in [-0.1, -0.05) is 35.1 Å². The number of benzene rings is 1. The fourth-order valence-electron chi connectivity index (χ4n) is 4.53. The summed E-state index contributed by atoms with van der Waals surface area (Å²) in [4.78, 5) is 38.3. The number of ether oxygens (including phenoxy) is 1. The van der Waals surface area contributed by atoms with E-state index in [1.54, 1.807) is 21.1 Å². The standard InChI is InChI=1S/C22H25ClN4O3S/c1-14(2)26-10-19(28)27(9-15-3-5-16(23)6-4-15)22(20(26)29)12-25(13-22)21-24-17-7-8-30-11-18(17)31-21/h3-6,14H,7-13H2,1-2H3. The highest BCUT2D eigenvalue weighted by atomic mass is 35.5. The van der Waals surface area contributed by atoms with Gasteiger partial charge >= 0.3 is 0 Å². The van der Waals surface area contributed by atoms with E-state index in [9.17, 15) is 9.59 Å². The first-order chi connectivity index (χ1) is 14.9. The Bertz CT molecular complexity index is 993. The highest BCUT2D eigenvalue weighted by Crippen LogP contribution is 2.40. The van der Waals surface area contributed by atoms with Gasteiger partial charge in [-0.3, -0.25) is 9.59 Å². The maximum Gasteiger partial charge on any atom is 0.252 e. The number of piperazine rings is 1. The van der Waals surface area contributed by atoms with Gasteiger partial charge in [0.15, 0.2) is 10.7 Å². The number of fused-ring (bicyclic) bond motifs is 1. The fraction of sp³-hybridized carbons (Fsp3) is 0.500. The van der Waals surface area contributed by atoms with E-state index < -0.39 is 5.54 Å². The molecule has 2 saturated heterocycles. The molecule has 1 aromatic heterocycles. The summed E-state index contributed by atoms with van der Waals surface area (Å²) in [5.41, 5.74) is 1.20. The molecule has 3 aliphatic rings. The number of halogens is 1. The van der Waals surface area contributed by atoms with E-state index >= 15 is 0 Å². The molecule has 1 aromatic carbocycles. The van der Waals surface area contributed by atoms with Crippen molar-refractivity contribution in [3.63, 3.8) is 0 Å². The summed E-state index contributed by atoms with van der Waals surface area (Å²) in [5, 5.41) is 1.56. The van der Waals surface area contributed by atoms with Gasteiger partial charge in [-0.05, 0) is 31.5 Å². The molecule has 0 saturated carbocycles. The van der Waals surface area contributed by atoms with Gasteiger partial charge in [0.05, 0.1) is 36.9 Å². The van der Waals surface area contributed by atoms with Crippen molar-refractivity contribution in [1.29, 1.82) is 0 Å². The second-order valence-corrected chi connectivity index (χ2v) is 10.2. The van der Waals surface area contributed by atoms with Crippen LogP contribution in [0.3, 0.4) is 0 Å². The Kier molecular flexibility index (Phi) is 5.19. The quantitative estimate of drug-likeness (QED) is 0.701. The molecule has 0 atom stereocenters. The van der Waals surface area contributed by atoms with Crippen molar-refractivity contribution < 1.29 is 14.3 Å². The Balaban J connectivity index is 1.43. The molecule has 9 heteroatoms. The molecule has 0 radical (unpaired) electrons. The highest BCUT2D eigenvalue weighted by Gasteiger charge is 2.60. The monoisotopic (exact) mass is 460 g/mol. The van der Waals surface area contributed by atoms with Gasteiger partial charge in [-0.25, -0.2) is 4.98 Å². The average Bonchev–Trinajstić information content (AvgIpc) is 3.14. The summed E-state index contributed by atoms with van der Waals surface area (Å²) in [6, 6.07) is 7.43. The Labute approximate surface area is 190 Å². The van der Waals surface area contributed by atoms with Crippen LogP contribution in [0.4, 0.5) is 5.13 Å². The third-order valence-electron chi connectivity index (χ3n) is 6.32. The zero-order valence-electron chi connectivity index (χ0n) is 17.6. The van der Waals surface area contributed by atoms with E-state index in [1.807, 2.05) is 38.1 Å². The first-order valence-electron chi connectivity index (χ1n) is 10.5. The SMILES string of the molecule is CC(C)N1CC(=O)N(Cc2ccc(Cl)cc2)C2(CN(c3nc4c(s3)COCC4)C2)C1=O. The van der Waals surface area contributed by atoms with E-state index in [-0.39, 0.29) is 24.4 Å². The lowest BCUT2D eigenvalue weighted by molar-refractivity contribution is -0.170. The van der Waals surface area contributed by atoms with Gasteiger partial charge in [0.1, 0.15) is 6.54 Å². The number of amides is 2. The van der Waals surface area contributed by atoms with Crippen molar-refractivity contribution in [3.8, 4) is 0 Å². The van der Waals surface area contributed by atoms with Gasteiger partial charge in [0, 0.05) is 24.0 Å². The van der Waals surface area contributed by atoms with Crippen LogP contribution in [0.5, 0.6) is 0 Å². The number of rotatable bonds is 4. The first-order valence-corrected chi connectivity index (χ1v) is 11.7. The first kappa shape index (κ1) is 20.7. The molecule has 0 unspecified atom stereocenters. The van der Waals surface area contributed by atoms with E-state index in [0.29, 0.717) is 37.9 Å². The Hall–Kier alpha value is -2.16. The molecule has 1 spiro atoms. The van der Waals surface area contributed by atoms with Crippen LogP contribution in [-0.4, -0.2) is 64.4 Å². The van der Waals surface area contributed by atoms with Gasteiger partial charge in [-0.2, -0.15) is 0 Å². The van der Waals surface area contributed by atoms with Gasteiger partial charge in [-0.15, -0.1) is 0 Å². The third kappa shape index (κ3) is 3.50. The molecule has 4 heterocycles. The molecule has 2 aromatic rings. The largest absolute Gasteiger partial charge is 0.375 e. The molecule has 2 amide bonds. The van der Waals surface area contributed by atoms with E-state index in [1.165, 1.54) is 0 Å². The number of anilines is 1. The van der Waals surface area contributed by atoms with Crippen molar-refractivity contribution in [3.05, 3.63) is 45.4 Å². The number of nitrogens with zero attached hydrogens (tertiary/aromatic N) is 4. The van der Waals surface area contributed by atoms with Crippen LogP contribution in [0, 0.1) is 0 Å². The smallest absolute Gasteiger partial charge is 0.252 e. The normalized spacial score (nSPS) is 20.5. The van der Waals surface area contributed by atoms with E-state index in [4.69, 9.17) is 21.3 Å². The van der Waals surface area contributed by atoms with Crippen molar-refractivity contribution >= 4 is 39.9 Å². The Morgan fingerprint density at radius 3 is 2.65 bits per heavy atom. The molecule has 5 rings (SSSR count). The molecule has 164 valence electrons. The number of thiazole rings is 1. The van der Waals surface area contributed by atoms with Crippen molar-refractivity contribution in [1.82, 2.24) is 14.8 Å². The van der Waals surface area contributed by atoms with Gasteiger partial charge in [0.2, 0.25) is 5.91 Å². The van der Waals surface area contributed by atoms with Crippen LogP contribution in [0.1, 0.15) is 30.0 Å². The molecule has 0 bridgehead atoms. The van der Waals surface area contributed by atoms with Gasteiger partial charge < -0.3 is 19.4 Å². The minimum absolute atomic E-state index is 0.0188. The lowest BCUT2D eigenvalue weighted by Crippen LogP contribution is -2.81. The lowest BCUT2D eigenvalue weighted by Gasteiger charge is -2.58. The molecule has 0 aliphatic carbocycles. The van der Waals surface area contributed by atoms with Crippen LogP contribution in [0.15, 0.2) is 24.3 Å². The lowest BCUT2D eigenvalue weighted by atomic mass is 9.83. The second-order valence-electron chi connectivity index (χ2n) is 8.69. The Morgan fingerprint density at radius 1 is 1.23 bits per heavy atom.